The fraction of sp³-hybridized carbons (Fsp3) is 0.500. The fourth-order valence-electron chi connectivity index (χ4n) is 3.74. The molecule has 1 amide bonds. The summed E-state index contributed by atoms with van der Waals surface area (Å²) >= 11 is 0. The number of hydrogen-bond acceptors (Lipinski definition) is 4. The van der Waals surface area contributed by atoms with Crippen molar-refractivity contribution >= 4 is 5.91 Å². The number of nitrogens with one attached hydrogen (secondary N) is 2. The Kier molecular flexibility index (Phi) is 4.30. The number of amides is 1. The molecule has 0 saturated carbocycles. The zero-order valence-electron chi connectivity index (χ0n) is 13.6. The molecule has 4 rings (SSSR count). The van der Waals surface area contributed by atoms with Gasteiger partial charge in [0.2, 0.25) is 5.91 Å². The van der Waals surface area contributed by atoms with Crippen molar-refractivity contribution in [1.82, 2.24) is 20.7 Å². The number of aryl methyl sites for hydroxylation is 1. The summed E-state index contributed by atoms with van der Waals surface area (Å²) in [7, 11) is 0. The maximum absolute atomic E-state index is 12.5. The summed E-state index contributed by atoms with van der Waals surface area (Å²) in [6.45, 7) is 1.42. The molecule has 0 unspecified atom stereocenters. The summed E-state index contributed by atoms with van der Waals surface area (Å²) in [5.74, 6) is 0.463. The normalized spacial score (nSPS) is 26.1. The summed E-state index contributed by atoms with van der Waals surface area (Å²) in [4.78, 5) is 12.5. The minimum atomic E-state index is 0.0000895. The number of carbonyl (C=O) groups excluding carboxylic acids is 1. The van der Waals surface area contributed by atoms with E-state index < -0.39 is 0 Å². The van der Waals surface area contributed by atoms with E-state index in [9.17, 15) is 4.79 Å². The van der Waals surface area contributed by atoms with E-state index in [1.807, 2.05) is 18.2 Å². The highest BCUT2D eigenvalue weighted by Crippen LogP contribution is 2.34. The van der Waals surface area contributed by atoms with E-state index in [1.54, 1.807) is 0 Å². The molecule has 1 aliphatic carbocycles. The minimum Gasteiger partial charge on any atom is -0.373 e. The van der Waals surface area contributed by atoms with E-state index >= 15 is 0 Å². The minimum absolute atomic E-state index is 0.0000895. The molecular formula is C18H22N4O2. The van der Waals surface area contributed by atoms with Gasteiger partial charge in [-0.1, -0.05) is 30.3 Å². The lowest BCUT2D eigenvalue weighted by molar-refractivity contribution is -0.125. The quantitative estimate of drug-likeness (QED) is 0.898. The first-order valence-electron chi connectivity index (χ1n) is 8.64. The van der Waals surface area contributed by atoms with Crippen LogP contribution in [0.3, 0.4) is 0 Å². The molecule has 1 aromatic carbocycles. The molecule has 2 aliphatic rings. The van der Waals surface area contributed by atoms with Crippen LogP contribution >= 0.6 is 0 Å². The van der Waals surface area contributed by atoms with Crippen LogP contribution in [0.15, 0.2) is 30.3 Å². The average Bonchev–Trinajstić information content (AvgIpc) is 3.28. The monoisotopic (exact) mass is 326 g/mol. The number of carbonyl (C=O) groups is 1. The molecule has 2 N–H and O–H groups in total. The largest absolute Gasteiger partial charge is 0.373 e. The second kappa shape index (κ2) is 6.73. The number of fused-ring (bicyclic) bond motifs is 1. The summed E-state index contributed by atoms with van der Waals surface area (Å²) in [6, 6.07) is 10.3. The van der Waals surface area contributed by atoms with Gasteiger partial charge in [0, 0.05) is 31.4 Å². The number of aromatic amines is 1. The van der Waals surface area contributed by atoms with E-state index in [1.165, 1.54) is 5.56 Å². The molecule has 3 atom stereocenters. The van der Waals surface area contributed by atoms with Crippen LogP contribution in [0, 0.1) is 11.8 Å². The number of hydrogen-bond donors (Lipinski definition) is 2. The number of ether oxygens (including phenoxy) is 1. The third-order valence-corrected chi connectivity index (χ3v) is 5.12. The maximum atomic E-state index is 12.5. The van der Waals surface area contributed by atoms with Crippen LogP contribution in [0.4, 0.5) is 0 Å². The van der Waals surface area contributed by atoms with E-state index in [0.717, 1.165) is 37.3 Å². The van der Waals surface area contributed by atoms with Gasteiger partial charge < -0.3 is 10.1 Å². The predicted octanol–water partition coefficient (Wildman–Crippen LogP) is 1.80. The second-order valence-corrected chi connectivity index (χ2v) is 6.65. The summed E-state index contributed by atoms with van der Waals surface area (Å²) in [5.41, 5.74) is 3.14. The first-order valence-corrected chi connectivity index (χ1v) is 8.64. The van der Waals surface area contributed by atoms with E-state index in [-0.39, 0.29) is 17.9 Å². The van der Waals surface area contributed by atoms with Crippen molar-refractivity contribution in [3.05, 3.63) is 47.3 Å². The molecule has 126 valence electrons. The van der Waals surface area contributed by atoms with Crippen molar-refractivity contribution < 1.29 is 9.53 Å². The lowest BCUT2D eigenvalue weighted by atomic mass is 9.88. The highest BCUT2D eigenvalue weighted by molar-refractivity contribution is 5.79. The molecule has 1 fully saturated rings. The van der Waals surface area contributed by atoms with E-state index in [2.05, 4.69) is 32.9 Å². The van der Waals surface area contributed by atoms with Crippen molar-refractivity contribution in [2.75, 3.05) is 13.2 Å². The van der Waals surface area contributed by atoms with Crippen molar-refractivity contribution in [3.8, 4) is 0 Å². The molecule has 0 radical (unpaired) electrons. The topological polar surface area (TPSA) is 79.9 Å². The zero-order valence-corrected chi connectivity index (χ0v) is 13.6. The van der Waals surface area contributed by atoms with Crippen LogP contribution < -0.4 is 5.32 Å². The molecule has 6 heteroatoms. The molecule has 2 heterocycles. The van der Waals surface area contributed by atoms with Gasteiger partial charge in [-0.25, -0.2) is 0 Å². The molecule has 2 aromatic rings. The molecule has 0 spiro atoms. The smallest absolute Gasteiger partial charge is 0.223 e. The van der Waals surface area contributed by atoms with Gasteiger partial charge in [0.15, 0.2) is 0 Å². The van der Waals surface area contributed by atoms with Gasteiger partial charge in [-0.3, -0.25) is 4.79 Å². The standard InChI is InChI=1S/C18H22N4O2/c23-18(13-6-7-15-16(10-13)21-22-20-15)19-11-14-8-9-24-17(14)12-4-2-1-3-5-12/h1-5,13-14,17H,6-11H2,(H,19,23)(H,20,21,22)/t13-,14-,17-/m0/s1. The van der Waals surface area contributed by atoms with E-state index in [0.29, 0.717) is 18.9 Å². The van der Waals surface area contributed by atoms with Crippen LogP contribution in [0.5, 0.6) is 0 Å². The van der Waals surface area contributed by atoms with Crippen LogP contribution in [-0.2, 0) is 22.4 Å². The first kappa shape index (κ1) is 15.3. The highest BCUT2D eigenvalue weighted by atomic mass is 16.5. The predicted molar refractivity (Wildman–Crippen MR) is 88.1 cm³/mol. The Balaban J connectivity index is 1.34. The molecule has 6 nitrogen and oxygen atoms in total. The SMILES string of the molecule is O=C(NC[C@@H]1CCO[C@H]1c1ccccc1)[C@H]1CCc2n[nH]nc2C1. The highest BCUT2D eigenvalue weighted by Gasteiger charge is 2.32. The molecule has 1 aromatic heterocycles. The van der Waals surface area contributed by atoms with Gasteiger partial charge in [0.05, 0.1) is 17.5 Å². The Bertz CT molecular complexity index is 700. The zero-order chi connectivity index (χ0) is 16.4. The average molecular weight is 326 g/mol. The Morgan fingerprint density at radius 2 is 2.04 bits per heavy atom. The number of rotatable bonds is 4. The molecule has 0 bridgehead atoms. The number of nitrogens with zero attached hydrogens (tertiary/aromatic N) is 2. The van der Waals surface area contributed by atoms with Crippen molar-refractivity contribution in [2.45, 2.75) is 31.8 Å². The molecule has 24 heavy (non-hydrogen) atoms. The molecule has 1 aliphatic heterocycles. The van der Waals surface area contributed by atoms with Gasteiger partial charge >= 0.3 is 0 Å². The molecular weight excluding hydrogens is 304 g/mol. The molecule has 1 saturated heterocycles. The van der Waals surface area contributed by atoms with Crippen LogP contribution in [0.1, 0.15) is 35.9 Å². The number of benzene rings is 1. The van der Waals surface area contributed by atoms with Gasteiger partial charge in [-0.05, 0) is 24.8 Å². The first-order chi connectivity index (χ1) is 11.8. The van der Waals surface area contributed by atoms with Crippen molar-refractivity contribution in [1.29, 1.82) is 0 Å². The summed E-state index contributed by atoms with van der Waals surface area (Å²) < 4.78 is 5.89. The van der Waals surface area contributed by atoms with Crippen LogP contribution in [0.2, 0.25) is 0 Å². The summed E-state index contributed by atoms with van der Waals surface area (Å²) in [5, 5.41) is 14.1. The van der Waals surface area contributed by atoms with E-state index in [4.69, 9.17) is 4.74 Å². The Hall–Kier alpha value is -2.21. The van der Waals surface area contributed by atoms with Gasteiger partial charge in [0.1, 0.15) is 0 Å². The second-order valence-electron chi connectivity index (χ2n) is 6.65. The Morgan fingerprint density at radius 1 is 1.21 bits per heavy atom. The van der Waals surface area contributed by atoms with Crippen LogP contribution in [-0.4, -0.2) is 34.5 Å². The lowest BCUT2D eigenvalue weighted by Gasteiger charge is -2.23. The van der Waals surface area contributed by atoms with Crippen molar-refractivity contribution in [3.63, 3.8) is 0 Å². The maximum Gasteiger partial charge on any atom is 0.223 e. The third kappa shape index (κ3) is 3.06. The fourth-order valence-corrected chi connectivity index (χ4v) is 3.74. The Morgan fingerprint density at radius 3 is 2.92 bits per heavy atom. The Labute approximate surface area is 141 Å². The van der Waals surface area contributed by atoms with Gasteiger partial charge in [0.25, 0.3) is 0 Å². The van der Waals surface area contributed by atoms with Crippen molar-refractivity contribution in [2.24, 2.45) is 11.8 Å². The summed E-state index contributed by atoms with van der Waals surface area (Å²) in [6.07, 6.45) is 3.41. The number of H-pyrrole nitrogens is 1. The van der Waals surface area contributed by atoms with Gasteiger partial charge in [-0.15, -0.1) is 0 Å². The third-order valence-electron chi connectivity index (χ3n) is 5.12. The number of aromatic nitrogens is 3. The van der Waals surface area contributed by atoms with Gasteiger partial charge in [-0.2, -0.15) is 15.4 Å². The lowest BCUT2D eigenvalue weighted by Crippen LogP contribution is -2.37. The van der Waals surface area contributed by atoms with Crippen LogP contribution in [0.25, 0.3) is 0 Å².